The van der Waals surface area contributed by atoms with Crippen LogP contribution in [0.4, 0.5) is 44.6 Å². The molecule has 2 aliphatic heterocycles. The first-order chi connectivity index (χ1) is 30.8. The van der Waals surface area contributed by atoms with Crippen LogP contribution in [0.15, 0.2) is 36.7 Å². The molecule has 8 rings (SSSR count). The number of amides is 2. The smallest absolute Gasteiger partial charge is 0.407 e. The molecule has 0 bridgehead atoms. The number of fused-ring (bicyclic) bond motifs is 1. The highest BCUT2D eigenvalue weighted by atomic mass is 35.5. The van der Waals surface area contributed by atoms with Crippen LogP contribution in [0.5, 0.6) is 0 Å². The van der Waals surface area contributed by atoms with E-state index in [2.05, 4.69) is 65.3 Å². The van der Waals surface area contributed by atoms with E-state index in [0.29, 0.717) is 58.8 Å². The quantitative estimate of drug-likeness (QED) is 0.0756. The van der Waals surface area contributed by atoms with Crippen LogP contribution < -0.4 is 37.6 Å². The van der Waals surface area contributed by atoms with Crippen LogP contribution in [0, 0.1) is 0 Å². The summed E-state index contributed by atoms with van der Waals surface area (Å²) in [6, 6.07) is 8.27. The molecule has 4 atom stereocenters. The third-order valence-corrected chi connectivity index (χ3v) is 11.6. The molecule has 2 saturated carbocycles. The minimum atomic E-state index is -0.400. The van der Waals surface area contributed by atoms with Crippen molar-refractivity contribution >= 4 is 70.0 Å². The molecule has 19 nitrogen and oxygen atoms in total. The number of carbonyl (C=O) groups excluding carboxylic acids is 2. The molecule has 4 unspecified atom stereocenters. The van der Waals surface area contributed by atoms with Crippen molar-refractivity contribution in [3.05, 3.63) is 41.7 Å². The molecule has 2 aliphatic carbocycles. The number of halogens is 1. The summed E-state index contributed by atoms with van der Waals surface area (Å²) in [5.41, 5.74) is 8.11. The summed E-state index contributed by atoms with van der Waals surface area (Å²) < 4.78 is 24.4. The molecule has 0 radical (unpaired) electrons. The maximum absolute atomic E-state index is 12.2. The van der Waals surface area contributed by atoms with E-state index < -0.39 is 6.09 Å². The van der Waals surface area contributed by atoms with Gasteiger partial charge < -0.3 is 56.6 Å². The van der Waals surface area contributed by atoms with Crippen molar-refractivity contribution in [3.8, 4) is 0 Å². The molecule has 4 aromatic rings. The van der Waals surface area contributed by atoms with Crippen molar-refractivity contribution in [2.24, 2.45) is 0 Å². The van der Waals surface area contributed by atoms with Gasteiger partial charge in [0, 0.05) is 84.9 Å². The van der Waals surface area contributed by atoms with Gasteiger partial charge in [-0.15, -0.1) is 0 Å². The molecule has 65 heavy (non-hydrogen) atoms. The molecular formula is C45H66ClN13O6. The first-order valence-electron chi connectivity index (χ1n) is 22.7. The number of hydrogen-bond donors (Lipinski definition) is 7. The Labute approximate surface area is 385 Å². The van der Waals surface area contributed by atoms with Crippen LogP contribution in [0.3, 0.4) is 0 Å². The lowest BCUT2D eigenvalue weighted by atomic mass is 9.89. The maximum atomic E-state index is 12.2. The molecule has 0 spiro atoms. The summed E-state index contributed by atoms with van der Waals surface area (Å²) in [5.74, 6) is 2.39. The standard InChI is InChI=1S/C26H34ClN7O3.C19H32N6O3/c1-15-10-18(8-9-36-15)29-23-28-14-21-22(32-23)34(24(31-21)30-17-7-5-6-16(27)11-17)19-12-20(13-19)37-25(35)33-26(2,3)4;1-11-7-12(5-6-27-11)23-17-21-10-15(20)16(24-17)22-13-8-14(9-13)28-18(26)25-19(2,3)4/h5-7,11,14-15,18-20H,8-10,12-13H2,1-4H3,(H,30,31)(H,33,35)(H,28,29,32);10-14H,5-9,20H2,1-4H3,(H,25,26)(H2,21,22,23,24). The Bertz CT molecular complexity index is 2260. The van der Waals surface area contributed by atoms with E-state index in [0.717, 1.165) is 63.1 Å². The van der Waals surface area contributed by atoms with E-state index >= 15 is 0 Å². The van der Waals surface area contributed by atoms with E-state index in [4.69, 9.17) is 46.3 Å². The Kier molecular flexibility index (Phi) is 14.9. The molecule has 3 aromatic heterocycles. The SMILES string of the molecule is CC1CC(Nc2ncc(N)c(NC3CC(OC(=O)NC(C)(C)C)C3)n2)CCO1.CC1CC(Nc2ncc3nc(Nc4cccc(Cl)c4)n(C4CC(OC(=O)NC(C)(C)C)C4)c3n2)CCO1. The summed E-state index contributed by atoms with van der Waals surface area (Å²) in [6.07, 6.45) is 9.20. The topological polar surface area (TPSA) is 239 Å². The Morgan fingerprint density at radius 2 is 1.32 bits per heavy atom. The van der Waals surface area contributed by atoms with Crippen molar-refractivity contribution in [3.63, 3.8) is 0 Å². The highest BCUT2D eigenvalue weighted by Gasteiger charge is 2.37. The Balaban J connectivity index is 0.000000202. The van der Waals surface area contributed by atoms with Crippen molar-refractivity contribution in [1.29, 1.82) is 0 Å². The number of hydrogen-bond acceptors (Lipinski definition) is 16. The molecule has 354 valence electrons. The number of nitrogens with two attached hydrogens (primary N) is 1. The zero-order valence-corrected chi connectivity index (χ0v) is 39.5. The molecule has 4 aliphatic rings. The lowest BCUT2D eigenvalue weighted by Crippen LogP contribution is -2.47. The van der Waals surface area contributed by atoms with Crippen LogP contribution in [-0.2, 0) is 18.9 Å². The van der Waals surface area contributed by atoms with Gasteiger partial charge in [-0.25, -0.2) is 24.5 Å². The van der Waals surface area contributed by atoms with Crippen molar-refractivity contribution in [2.45, 2.75) is 166 Å². The van der Waals surface area contributed by atoms with Gasteiger partial charge in [-0.2, -0.15) is 9.97 Å². The van der Waals surface area contributed by atoms with E-state index in [1.165, 1.54) is 0 Å². The largest absolute Gasteiger partial charge is 0.446 e. The fourth-order valence-corrected chi connectivity index (χ4v) is 8.27. The predicted molar refractivity (Wildman–Crippen MR) is 252 cm³/mol. The number of anilines is 6. The average Bonchev–Trinajstić information content (AvgIpc) is 3.51. The average molecular weight is 921 g/mol. The van der Waals surface area contributed by atoms with Gasteiger partial charge in [0.15, 0.2) is 11.5 Å². The minimum absolute atomic E-state index is 0.0602. The highest BCUT2D eigenvalue weighted by Crippen LogP contribution is 2.40. The lowest BCUT2D eigenvalue weighted by Gasteiger charge is -2.36. The first kappa shape index (κ1) is 47.6. The molecule has 8 N–H and O–H groups in total. The monoisotopic (exact) mass is 919 g/mol. The zero-order valence-electron chi connectivity index (χ0n) is 38.7. The van der Waals surface area contributed by atoms with Crippen LogP contribution in [0.1, 0.15) is 113 Å². The molecule has 20 heteroatoms. The number of imidazole rings is 1. The van der Waals surface area contributed by atoms with Crippen molar-refractivity contribution in [2.75, 3.05) is 40.2 Å². The molecule has 5 heterocycles. The van der Waals surface area contributed by atoms with Gasteiger partial charge >= 0.3 is 12.2 Å². The van der Waals surface area contributed by atoms with Gasteiger partial charge in [0.1, 0.15) is 17.7 Å². The van der Waals surface area contributed by atoms with Crippen LogP contribution >= 0.6 is 11.6 Å². The summed E-state index contributed by atoms with van der Waals surface area (Å²) in [7, 11) is 0. The van der Waals surface area contributed by atoms with Gasteiger partial charge in [0.05, 0.1) is 30.3 Å². The summed E-state index contributed by atoms with van der Waals surface area (Å²) in [5, 5.41) is 19.8. The third kappa shape index (κ3) is 13.8. The number of rotatable bonds is 11. The molecule has 2 amide bonds. The zero-order chi connectivity index (χ0) is 46.5. The Morgan fingerprint density at radius 3 is 1.89 bits per heavy atom. The second-order valence-corrected chi connectivity index (χ2v) is 20.1. The number of carbonyl (C=O) groups is 2. The maximum Gasteiger partial charge on any atom is 0.407 e. The van der Waals surface area contributed by atoms with Gasteiger partial charge in [-0.1, -0.05) is 17.7 Å². The Morgan fingerprint density at radius 1 is 0.754 bits per heavy atom. The van der Waals surface area contributed by atoms with Gasteiger partial charge in [-0.05, 0) is 99.3 Å². The van der Waals surface area contributed by atoms with E-state index in [9.17, 15) is 9.59 Å². The second kappa shape index (κ2) is 20.4. The minimum Gasteiger partial charge on any atom is -0.446 e. The van der Waals surface area contributed by atoms with Crippen LogP contribution in [0.2, 0.25) is 5.02 Å². The van der Waals surface area contributed by atoms with Crippen LogP contribution in [-0.4, -0.2) is 109 Å². The van der Waals surface area contributed by atoms with Crippen molar-refractivity contribution in [1.82, 2.24) is 40.1 Å². The first-order valence-corrected chi connectivity index (χ1v) is 23.1. The second-order valence-electron chi connectivity index (χ2n) is 19.7. The van der Waals surface area contributed by atoms with Crippen molar-refractivity contribution < 1.29 is 28.5 Å². The van der Waals surface area contributed by atoms with Crippen LogP contribution in [0.25, 0.3) is 11.2 Å². The summed E-state index contributed by atoms with van der Waals surface area (Å²) >= 11 is 6.21. The number of alkyl carbamates (subject to hydrolysis) is 2. The van der Waals surface area contributed by atoms with Gasteiger partial charge in [-0.3, -0.25) is 4.57 Å². The number of benzene rings is 1. The van der Waals surface area contributed by atoms with Gasteiger partial charge in [0.2, 0.25) is 17.8 Å². The summed E-state index contributed by atoms with van der Waals surface area (Å²) in [6.45, 7) is 17.2. The number of aromatic nitrogens is 6. The molecule has 1 aromatic carbocycles. The number of nitrogens with one attached hydrogen (secondary N) is 6. The number of nitrogen functional groups attached to an aromatic ring is 1. The van der Waals surface area contributed by atoms with E-state index in [1.807, 2.05) is 65.8 Å². The Hall–Kier alpha value is -5.40. The lowest BCUT2D eigenvalue weighted by molar-refractivity contribution is 0.0202. The fraction of sp³-hybridized carbons (Fsp3) is 0.622. The fourth-order valence-electron chi connectivity index (χ4n) is 8.08. The third-order valence-electron chi connectivity index (χ3n) is 11.3. The predicted octanol–water partition coefficient (Wildman–Crippen LogP) is 7.94. The number of ether oxygens (including phenoxy) is 4. The molecular weight excluding hydrogens is 854 g/mol. The molecule has 2 saturated heterocycles. The normalized spacial score (nSPS) is 25.4. The van der Waals surface area contributed by atoms with E-state index in [1.54, 1.807) is 12.4 Å². The van der Waals surface area contributed by atoms with Gasteiger partial charge in [0.25, 0.3) is 0 Å². The number of nitrogens with zero attached hydrogens (tertiary/aromatic N) is 6. The van der Waals surface area contributed by atoms with E-state index in [-0.39, 0.29) is 59.7 Å². The molecule has 4 fully saturated rings. The highest BCUT2D eigenvalue weighted by molar-refractivity contribution is 6.30. The summed E-state index contributed by atoms with van der Waals surface area (Å²) in [4.78, 5) is 47.1.